The Morgan fingerprint density at radius 1 is 1.24 bits per heavy atom. The van der Waals surface area contributed by atoms with E-state index in [1.165, 1.54) is 5.56 Å². The van der Waals surface area contributed by atoms with Crippen molar-refractivity contribution in [3.63, 3.8) is 0 Å². The largest absolute Gasteiger partial charge is 0.415 e. The van der Waals surface area contributed by atoms with Gasteiger partial charge in [-0.05, 0) is 11.5 Å². The predicted octanol–water partition coefficient (Wildman–Crippen LogP) is 4.01. The summed E-state index contributed by atoms with van der Waals surface area (Å²) in [5, 5.41) is 7.98. The van der Waals surface area contributed by atoms with Crippen molar-refractivity contribution in [3.05, 3.63) is 46.6 Å². The van der Waals surface area contributed by atoms with Crippen molar-refractivity contribution in [2.75, 3.05) is 0 Å². The van der Waals surface area contributed by atoms with Crippen molar-refractivity contribution in [1.29, 1.82) is 0 Å². The van der Waals surface area contributed by atoms with E-state index in [9.17, 15) is 0 Å². The molecule has 3 nitrogen and oxygen atoms in total. The van der Waals surface area contributed by atoms with Gasteiger partial charge in [0.25, 0.3) is 4.80 Å². The quantitative estimate of drug-likeness (QED) is 0.855. The topological polar surface area (TPSA) is 38.9 Å². The van der Waals surface area contributed by atoms with Gasteiger partial charge in [-0.25, -0.2) is 0 Å². The lowest BCUT2D eigenvalue weighted by Crippen LogP contribution is -2.11. The fraction of sp³-hybridized carbons (Fsp3) is 0.385. The molecule has 1 aromatic carbocycles. The summed E-state index contributed by atoms with van der Waals surface area (Å²) in [5.41, 5.74) is 1.22. The number of nitrogens with zero attached hydrogens (tertiary/aromatic N) is 2. The minimum absolute atomic E-state index is 0.167. The second-order valence-corrected chi connectivity index (χ2v) is 4.85. The van der Waals surface area contributed by atoms with Crippen molar-refractivity contribution in [1.82, 2.24) is 10.2 Å². The smallest absolute Gasteiger partial charge is 0.284 e. The van der Waals surface area contributed by atoms with Gasteiger partial charge in [0.2, 0.25) is 5.89 Å². The summed E-state index contributed by atoms with van der Waals surface area (Å²) in [6, 6.07) is 10.3. The maximum absolute atomic E-state index is 5.52. The van der Waals surface area contributed by atoms with Crippen LogP contribution in [0.5, 0.6) is 0 Å². The first kappa shape index (κ1) is 12.3. The van der Waals surface area contributed by atoms with Crippen LogP contribution in [0.2, 0.25) is 0 Å². The van der Waals surface area contributed by atoms with Crippen molar-refractivity contribution >= 4 is 15.9 Å². The summed E-state index contributed by atoms with van der Waals surface area (Å²) in [6.45, 7) is 4.38. The fourth-order valence-electron chi connectivity index (χ4n) is 1.95. The molecule has 2 unspecified atom stereocenters. The van der Waals surface area contributed by atoms with E-state index in [4.69, 9.17) is 4.42 Å². The molecule has 1 aromatic heterocycles. The summed E-state index contributed by atoms with van der Waals surface area (Å²) in [4.78, 5) is 0.441. The van der Waals surface area contributed by atoms with E-state index >= 15 is 0 Å². The number of benzene rings is 1. The van der Waals surface area contributed by atoms with Crippen LogP contribution in [0.3, 0.4) is 0 Å². The molecule has 0 aliphatic heterocycles. The third-order valence-electron chi connectivity index (χ3n) is 3.05. The molecule has 0 radical (unpaired) electrons. The Hall–Kier alpha value is -1.16. The summed E-state index contributed by atoms with van der Waals surface area (Å²) in [6.07, 6.45) is 1.07. The van der Waals surface area contributed by atoms with E-state index in [0.717, 1.165) is 6.42 Å². The van der Waals surface area contributed by atoms with E-state index in [0.29, 0.717) is 16.6 Å². The lowest BCUT2D eigenvalue weighted by atomic mass is 9.85. The molecule has 2 rings (SSSR count). The maximum Gasteiger partial charge on any atom is 0.284 e. The molecule has 1 heterocycles. The van der Waals surface area contributed by atoms with Crippen LogP contribution in [0.1, 0.15) is 37.6 Å². The Morgan fingerprint density at radius 3 is 2.47 bits per heavy atom. The second-order valence-electron chi connectivity index (χ2n) is 4.17. The van der Waals surface area contributed by atoms with Crippen LogP contribution >= 0.6 is 15.9 Å². The zero-order chi connectivity index (χ0) is 12.3. The summed E-state index contributed by atoms with van der Waals surface area (Å²) >= 11 is 3.20. The van der Waals surface area contributed by atoms with Crippen LogP contribution in [0.25, 0.3) is 0 Å². The van der Waals surface area contributed by atoms with E-state index < -0.39 is 0 Å². The lowest BCUT2D eigenvalue weighted by molar-refractivity contribution is 0.384. The monoisotopic (exact) mass is 294 g/mol. The molecule has 0 amide bonds. The molecule has 0 aliphatic rings. The zero-order valence-electron chi connectivity index (χ0n) is 9.93. The molecule has 4 heteroatoms. The molecule has 0 spiro atoms. The van der Waals surface area contributed by atoms with Crippen LogP contribution in [-0.4, -0.2) is 10.2 Å². The average Bonchev–Trinajstić information content (AvgIpc) is 2.77. The van der Waals surface area contributed by atoms with E-state index in [1.807, 2.05) is 18.2 Å². The Labute approximate surface area is 109 Å². The summed E-state index contributed by atoms with van der Waals surface area (Å²) in [5.74, 6) is 1.31. The highest BCUT2D eigenvalue weighted by molar-refractivity contribution is 9.10. The van der Waals surface area contributed by atoms with Crippen LogP contribution < -0.4 is 0 Å². The molecule has 2 aromatic rings. The Bertz CT molecular complexity index is 469. The molecule has 0 fully saturated rings. The first-order chi connectivity index (χ1) is 8.22. The van der Waals surface area contributed by atoms with Crippen LogP contribution in [0.4, 0.5) is 0 Å². The van der Waals surface area contributed by atoms with Crippen molar-refractivity contribution in [2.24, 2.45) is 5.92 Å². The number of hydrogen-bond donors (Lipinski definition) is 0. The second kappa shape index (κ2) is 5.45. The van der Waals surface area contributed by atoms with Gasteiger partial charge in [0.15, 0.2) is 0 Å². The zero-order valence-corrected chi connectivity index (χ0v) is 11.5. The van der Waals surface area contributed by atoms with Gasteiger partial charge in [-0.3, -0.25) is 0 Å². The van der Waals surface area contributed by atoms with Gasteiger partial charge in [0.1, 0.15) is 0 Å². The van der Waals surface area contributed by atoms with E-state index in [-0.39, 0.29) is 5.92 Å². The molecule has 17 heavy (non-hydrogen) atoms. The van der Waals surface area contributed by atoms with Gasteiger partial charge in [0, 0.05) is 15.9 Å². The van der Waals surface area contributed by atoms with Crippen molar-refractivity contribution in [2.45, 2.75) is 26.2 Å². The fourth-order valence-corrected chi connectivity index (χ4v) is 2.20. The Kier molecular flexibility index (Phi) is 3.94. The summed E-state index contributed by atoms with van der Waals surface area (Å²) < 4.78 is 5.52. The van der Waals surface area contributed by atoms with Gasteiger partial charge >= 0.3 is 0 Å². The van der Waals surface area contributed by atoms with Crippen molar-refractivity contribution < 1.29 is 4.42 Å². The van der Waals surface area contributed by atoms with E-state index in [2.05, 4.69) is 52.1 Å². The SMILES string of the molecule is CCC(C)C(c1ccccc1)c1nnc(Br)o1. The average molecular weight is 295 g/mol. The first-order valence-corrected chi connectivity index (χ1v) is 6.55. The Morgan fingerprint density at radius 2 is 1.94 bits per heavy atom. The lowest BCUT2D eigenvalue weighted by Gasteiger charge is -2.19. The number of halogens is 1. The number of hydrogen-bond acceptors (Lipinski definition) is 3. The standard InChI is InChI=1S/C13H15BrN2O/c1-3-9(2)11(10-7-5-4-6-8-10)12-15-16-13(14)17-12/h4-9,11H,3H2,1-2H3. The number of aromatic nitrogens is 2. The molecular weight excluding hydrogens is 280 g/mol. The third kappa shape index (κ3) is 2.75. The Balaban J connectivity index is 2.39. The first-order valence-electron chi connectivity index (χ1n) is 5.76. The maximum atomic E-state index is 5.52. The normalized spacial score (nSPS) is 14.5. The van der Waals surface area contributed by atoms with E-state index in [1.54, 1.807) is 0 Å². The van der Waals surface area contributed by atoms with Crippen molar-refractivity contribution in [3.8, 4) is 0 Å². The molecule has 0 saturated carbocycles. The van der Waals surface area contributed by atoms with Gasteiger partial charge in [-0.2, -0.15) is 0 Å². The van der Waals surface area contributed by atoms with Crippen LogP contribution in [-0.2, 0) is 0 Å². The molecule has 0 aliphatic carbocycles. The highest BCUT2D eigenvalue weighted by Gasteiger charge is 2.25. The van der Waals surface area contributed by atoms with Gasteiger partial charge in [-0.1, -0.05) is 50.6 Å². The highest BCUT2D eigenvalue weighted by Crippen LogP contribution is 2.33. The van der Waals surface area contributed by atoms with Gasteiger partial charge < -0.3 is 4.42 Å². The number of rotatable bonds is 4. The van der Waals surface area contributed by atoms with Gasteiger partial charge in [-0.15, -0.1) is 10.2 Å². The molecule has 0 saturated heterocycles. The van der Waals surface area contributed by atoms with Crippen LogP contribution in [0.15, 0.2) is 39.5 Å². The molecule has 2 atom stereocenters. The highest BCUT2D eigenvalue weighted by atomic mass is 79.9. The molecule has 0 N–H and O–H groups in total. The minimum Gasteiger partial charge on any atom is -0.415 e. The summed E-state index contributed by atoms with van der Waals surface area (Å²) in [7, 11) is 0. The van der Waals surface area contributed by atoms with Gasteiger partial charge in [0.05, 0.1) is 5.92 Å². The van der Waals surface area contributed by atoms with Crippen LogP contribution in [0, 0.1) is 5.92 Å². The molecular formula is C13H15BrN2O. The molecule has 0 bridgehead atoms. The minimum atomic E-state index is 0.167. The molecule has 90 valence electrons. The third-order valence-corrected chi connectivity index (χ3v) is 3.37. The predicted molar refractivity (Wildman–Crippen MR) is 69.7 cm³/mol.